The number of ether oxygens (including phenoxy) is 2. The molecule has 0 amide bonds. The Hall–Kier alpha value is -4.21. The van der Waals surface area contributed by atoms with E-state index < -0.39 is 5.82 Å². The predicted octanol–water partition coefficient (Wildman–Crippen LogP) is 5.19. The molecule has 0 aliphatic rings. The largest absolute Gasteiger partial charge is 0.491 e. The number of anilines is 4. The van der Waals surface area contributed by atoms with E-state index in [1.54, 1.807) is 23.9 Å². The van der Waals surface area contributed by atoms with Crippen LogP contribution in [0.3, 0.4) is 0 Å². The molecule has 2 aromatic carbocycles. The molecule has 0 aliphatic heterocycles. The Balaban J connectivity index is 1.45. The third-order valence-corrected chi connectivity index (χ3v) is 4.96. The molecule has 10 heteroatoms. The number of aryl methyl sites for hydroxylation is 1. The minimum Gasteiger partial charge on any atom is -0.491 e. The van der Waals surface area contributed by atoms with Gasteiger partial charge in [0.15, 0.2) is 11.6 Å². The SMILES string of the molecule is CCOC(=O)CCn1ncc2cc(Nc3nc(Nc4ccc(OC(C)C)cc4)ncc3F)ccc21. The van der Waals surface area contributed by atoms with E-state index in [0.717, 1.165) is 28.5 Å². The van der Waals surface area contributed by atoms with E-state index in [-0.39, 0.29) is 30.3 Å². The van der Waals surface area contributed by atoms with Gasteiger partial charge in [0.1, 0.15) is 5.75 Å². The molecular weight excluding hydrogens is 451 g/mol. The zero-order chi connectivity index (χ0) is 24.8. The highest BCUT2D eigenvalue weighted by atomic mass is 19.1. The van der Waals surface area contributed by atoms with Crippen molar-refractivity contribution >= 4 is 40.0 Å². The molecule has 4 aromatic rings. The van der Waals surface area contributed by atoms with Gasteiger partial charge < -0.3 is 20.1 Å². The number of aromatic nitrogens is 4. The van der Waals surface area contributed by atoms with Gasteiger partial charge in [0.05, 0.1) is 43.6 Å². The topological polar surface area (TPSA) is 103 Å². The molecule has 0 atom stereocenters. The Kier molecular flexibility index (Phi) is 7.39. The van der Waals surface area contributed by atoms with Crippen LogP contribution in [0.2, 0.25) is 0 Å². The summed E-state index contributed by atoms with van der Waals surface area (Å²) in [5, 5.41) is 11.2. The molecule has 2 heterocycles. The van der Waals surface area contributed by atoms with E-state index in [9.17, 15) is 9.18 Å². The number of rotatable bonds is 10. The number of nitrogens with zero attached hydrogens (tertiary/aromatic N) is 4. The van der Waals surface area contributed by atoms with E-state index >= 15 is 0 Å². The van der Waals surface area contributed by atoms with E-state index in [1.165, 1.54) is 0 Å². The van der Waals surface area contributed by atoms with Crippen molar-refractivity contribution < 1.29 is 18.7 Å². The van der Waals surface area contributed by atoms with Crippen molar-refractivity contribution in [3.63, 3.8) is 0 Å². The van der Waals surface area contributed by atoms with Gasteiger partial charge in [-0.05, 0) is 63.2 Å². The fraction of sp³-hybridized carbons (Fsp3) is 0.280. The maximum atomic E-state index is 14.4. The number of fused-ring (bicyclic) bond motifs is 1. The monoisotopic (exact) mass is 478 g/mol. The third kappa shape index (κ3) is 6.23. The number of carbonyl (C=O) groups excluding carboxylic acids is 1. The summed E-state index contributed by atoms with van der Waals surface area (Å²) in [6, 6.07) is 12.9. The van der Waals surface area contributed by atoms with Crippen LogP contribution >= 0.6 is 0 Å². The second kappa shape index (κ2) is 10.8. The van der Waals surface area contributed by atoms with Crippen LogP contribution in [0.1, 0.15) is 27.2 Å². The molecule has 35 heavy (non-hydrogen) atoms. The van der Waals surface area contributed by atoms with Gasteiger partial charge in [0.25, 0.3) is 0 Å². The molecule has 0 bridgehead atoms. The number of hydrogen-bond donors (Lipinski definition) is 2. The van der Waals surface area contributed by atoms with Crippen LogP contribution in [-0.2, 0) is 16.1 Å². The van der Waals surface area contributed by atoms with E-state index in [0.29, 0.717) is 18.8 Å². The second-order valence-corrected chi connectivity index (χ2v) is 8.03. The summed E-state index contributed by atoms with van der Waals surface area (Å²) < 4.78 is 26.8. The lowest BCUT2D eigenvalue weighted by Gasteiger charge is -2.12. The minimum atomic E-state index is -0.582. The van der Waals surface area contributed by atoms with Crippen molar-refractivity contribution in [2.75, 3.05) is 17.2 Å². The van der Waals surface area contributed by atoms with Crippen LogP contribution in [0.5, 0.6) is 5.75 Å². The van der Waals surface area contributed by atoms with Crippen LogP contribution in [0.4, 0.5) is 27.5 Å². The molecule has 0 aliphatic carbocycles. The van der Waals surface area contributed by atoms with Crippen LogP contribution in [0.15, 0.2) is 54.9 Å². The Morgan fingerprint density at radius 3 is 2.60 bits per heavy atom. The summed E-state index contributed by atoms with van der Waals surface area (Å²) in [5.41, 5.74) is 2.24. The molecular formula is C25H27FN6O3. The number of esters is 1. The first-order chi connectivity index (χ1) is 16.9. The predicted molar refractivity (Wildman–Crippen MR) is 132 cm³/mol. The van der Waals surface area contributed by atoms with Gasteiger partial charge >= 0.3 is 5.97 Å². The van der Waals surface area contributed by atoms with E-state index in [4.69, 9.17) is 9.47 Å². The lowest BCUT2D eigenvalue weighted by atomic mass is 10.2. The molecule has 4 rings (SSSR count). The smallest absolute Gasteiger partial charge is 0.307 e. The average Bonchev–Trinajstić information content (AvgIpc) is 3.23. The summed E-state index contributed by atoms with van der Waals surface area (Å²) in [6.45, 7) is 6.46. The lowest BCUT2D eigenvalue weighted by Crippen LogP contribution is -2.09. The first-order valence-electron chi connectivity index (χ1n) is 11.4. The molecule has 0 unspecified atom stereocenters. The van der Waals surface area contributed by atoms with E-state index in [1.807, 2.05) is 50.2 Å². The lowest BCUT2D eigenvalue weighted by molar-refractivity contribution is -0.143. The van der Waals surface area contributed by atoms with Crippen molar-refractivity contribution in [1.82, 2.24) is 19.7 Å². The van der Waals surface area contributed by atoms with Crippen molar-refractivity contribution in [2.24, 2.45) is 0 Å². The van der Waals surface area contributed by atoms with Crippen LogP contribution in [0.25, 0.3) is 10.9 Å². The zero-order valence-electron chi connectivity index (χ0n) is 19.8. The van der Waals surface area contributed by atoms with Gasteiger partial charge in [-0.15, -0.1) is 0 Å². The fourth-order valence-electron chi connectivity index (χ4n) is 3.44. The third-order valence-electron chi connectivity index (χ3n) is 4.96. The van der Waals surface area contributed by atoms with Gasteiger partial charge in [0.2, 0.25) is 5.95 Å². The van der Waals surface area contributed by atoms with Crippen molar-refractivity contribution in [3.8, 4) is 5.75 Å². The van der Waals surface area contributed by atoms with Gasteiger partial charge in [-0.3, -0.25) is 9.48 Å². The number of nitrogens with one attached hydrogen (secondary N) is 2. The summed E-state index contributed by atoms with van der Waals surface area (Å²) in [6.07, 6.45) is 3.13. The molecule has 2 N–H and O–H groups in total. The van der Waals surface area contributed by atoms with Crippen LogP contribution in [-0.4, -0.2) is 38.4 Å². The summed E-state index contributed by atoms with van der Waals surface area (Å²) >= 11 is 0. The summed E-state index contributed by atoms with van der Waals surface area (Å²) in [4.78, 5) is 19.9. The molecule has 0 saturated carbocycles. The molecule has 0 radical (unpaired) electrons. The van der Waals surface area contributed by atoms with Gasteiger partial charge in [-0.2, -0.15) is 10.1 Å². The number of hydrogen-bond acceptors (Lipinski definition) is 8. The van der Waals surface area contributed by atoms with Gasteiger partial charge in [-0.1, -0.05) is 0 Å². The standard InChI is InChI=1S/C25H27FN6O3/c1-4-34-23(33)11-12-32-22-10-7-19(13-17(22)14-28-32)29-24-21(26)15-27-25(31-24)30-18-5-8-20(9-6-18)35-16(2)3/h5-10,13-16H,4,11-12H2,1-3H3,(H2,27,29,30,31). The number of halogens is 1. The molecule has 0 spiro atoms. The molecule has 9 nitrogen and oxygen atoms in total. The Morgan fingerprint density at radius 1 is 1.09 bits per heavy atom. The van der Waals surface area contributed by atoms with Crippen molar-refractivity contribution in [3.05, 3.63) is 60.7 Å². The fourth-order valence-corrected chi connectivity index (χ4v) is 3.44. The van der Waals surface area contributed by atoms with Gasteiger partial charge in [-0.25, -0.2) is 9.37 Å². The Morgan fingerprint density at radius 2 is 1.86 bits per heavy atom. The average molecular weight is 479 g/mol. The molecule has 2 aromatic heterocycles. The molecule has 0 saturated heterocycles. The quantitative estimate of drug-likeness (QED) is 0.300. The van der Waals surface area contributed by atoms with Crippen molar-refractivity contribution in [2.45, 2.75) is 39.8 Å². The van der Waals surface area contributed by atoms with Crippen LogP contribution in [0, 0.1) is 5.82 Å². The minimum absolute atomic E-state index is 0.0383. The summed E-state index contributed by atoms with van der Waals surface area (Å²) in [7, 11) is 0. The summed E-state index contributed by atoms with van der Waals surface area (Å²) in [5.74, 6) is 0.197. The normalized spacial score (nSPS) is 11.0. The maximum Gasteiger partial charge on any atom is 0.307 e. The van der Waals surface area contributed by atoms with E-state index in [2.05, 4.69) is 25.7 Å². The highest BCUT2D eigenvalue weighted by molar-refractivity contribution is 5.83. The van der Waals surface area contributed by atoms with Crippen molar-refractivity contribution in [1.29, 1.82) is 0 Å². The highest BCUT2D eigenvalue weighted by Gasteiger charge is 2.11. The maximum absolute atomic E-state index is 14.4. The first-order valence-corrected chi connectivity index (χ1v) is 11.4. The Labute approximate surface area is 202 Å². The Bertz CT molecular complexity index is 1310. The number of carbonyl (C=O) groups is 1. The number of benzene rings is 2. The van der Waals surface area contributed by atoms with Crippen LogP contribution < -0.4 is 15.4 Å². The second-order valence-electron chi connectivity index (χ2n) is 8.03. The zero-order valence-corrected chi connectivity index (χ0v) is 19.8. The first kappa shape index (κ1) is 23.9. The molecule has 182 valence electrons. The highest BCUT2D eigenvalue weighted by Crippen LogP contribution is 2.25. The van der Waals surface area contributed by atoms with Gasteiger partial charge in [0, 0.05) is 16.8 Å². The molecule has 0 fully saturated rings.